The van der Waals surface area contributed by atoms with Gasteiger partial charge in [-0.05, 0) is 50.3 Å². The van der Waals surface area contributed by atoms with E-state index in [1.54, 1.807) is 4.90 Å². The minimum absolute atomic E-state index is 0.0451. The number of benzene rings is 2. The Bertz CT molecular complexity index is 1170. The first-order chi connectivity index (χ1) is 15.9. The zero-order valence-electron chi connectivity index (χ0n) is 18.6. The van der Waals surface area contributed by atoms with Gasteiger partial charge in [0.1, 0.15) is 17.5 Å². The van der Waals surface area contributed by atoms with Crippen LogP contribution in [0.2, 0.25) is 0 Å². The summed E-state index contributed by atoms with van der Waals surface area (Å²) in [5.41, 5.74) is 3.02. The summed E-state index contributed by atoms with van der Waals surface area (Å²) >= 11 is 0. The van der Waals surface area contributed by atoms with E-state index < -0.39 is 11.6 Å². The summed E-state index contributed by atoms with van der Waals surface area (Å²) in [7, 11) is 0. The fourth-order valence-electron chi connectivity index (χ4n) is 3.58. The van der Waals surface area contributed by atoms with Gasteiger partial charge < -0.3 is 15.1 Å². The maximum Gasteiger partial charge on any atom is 0.246 e. The Kier molecular flexibility index (Phi) is 6.63. The summed E-state index contributed by atoms with van der Waals surface area (Å²) in [5, 5.41) is 3.31. The highest BCUT2D eigenvalue weighted by atomic mass is 19.1. The molecule has 170 valence electrons. The molecule has 1 saturated heterocycles. The van der Waals surface area contributed by atoms with Crippen LogP contribution in [0.25, 0.3) is 6.08 Å². The number of nitrogens with zero attached hydrogens (tertiary/aromatic N) is 4. The van der Waals surface area contributed by atoms with E-state index in [-0.39, 0.29) is 11.5 Å². The Morgan fingerprint density at radius 3 is 2.42 bits per heavy atom. The Morgan fingerprint density at radius 2 is 1.70 bits per heavy atom. The zero-order chi connectivity index (χ0) is 23.4. The molecule has 6 nitrogen and oxygen atoms in total. The molecular formula is C25H25F2N5O. The number of amides is 1. The fraction of sp³-hybridized carbons (Fsp3) is 0.240. The Morgan fingerprint density at radius 1 is 0.970 bits per heavy atom. The lowest BCUT2D eigenvalue weighted by Crippen LogP contribution is -2.48. The van der Waals surface area contributed by atoms with Gasteiger partial charge in [0.2, 0.25) is 11.9 Å². The van der Waals surface area contributed by atoms with Crippen molar-refractivity contribution in [3.8, 4) is 0 Å². The molecule has 3 aromatic rings. The normalized spacial score (nSPS) is 14.1. The standard InChI is InChI=1S/C25H25F2N5O/c1-17-3-7-21(8-4-17)29-23-15-18(2)28-25(30-23)32-13-11-31(12-14-32)24(33)10-5-19-16-20(26)6-9-22(19)27/h3-10,15-16H,11-14H2,1-2H3,(H,28,29,30)/b10-5+. The molecule has 1 fully saturated rings. The number of anilines is 3. The van der Waals surface area contributed by atoms with E-state index in [9.17, 15) is 13.6 Å². The van der Waals surface area contributed by atoms with Crippen molar-refractivity contribution in [3.63, 3.8) is 0 Å². The number of hydrogen-bond donors (Lipinski definition) is 1. The van der Waals surface area contributed by atoms with Crippen molar-refractivity contribution in [3.05, 3.63) is 83.1 Å². The number of carbonyl (C=O) groups excluding carboxylic acids is 1. The second-order valence-electron chi connectivity index (χ2n) is 8.00. The molecule has 1 aromatic heterocycles. The maximum absolute atomic E-state index is 13.8. The highest BCUT2D eigenvalue weighted by Gasteiger charge is 2.22. The smallest absolute Gasteiger partial charge is 0.246 e. The van der Waals surface area contributed by atoms with Crippen molar-refractivity contribution in [2.75, 3.05) is 36.4 Å². The van der Waals surface area contributed by atoms with Crippen molar-refractivity contribution in [2.45, 2.75) is 13.8 Å². The van der Waals surface area contributed by atoms with Gasteiger partial charge in [-0.1, -0.05) is 17.7 Å². The van der Waals surface area contributed by atoms with Crippen LogP contribution in [0.5, 0.6) is 0 Å². The summed E-state index contributed by atoms with van der Waals surface area (Å²) in [6.07, 6.45) is 2.58. The second kappa shape index (κ2) is 9.77. The molecule has 0 bridgehead atoms. The second-order valence-corrected chi connectivity index (χ2v) is 8.00. The number of hydrogen-bond acceptors (Lipinski definition) is 5. The number of halogens is 2. The van der Waals surface area contributed by atoms with Gasteiger partial charge in [-0.15, -0.1) is 0 Å². The number of carbonyl (C=O) groups is 1. The molecule has 0 saturated carbocycles. The van der Waals surface area contributed by atoms with Crippen molar-refractivity contribution in [2.24, 2.45) is 0 Å². The summed E-state index contributed by atoms with van der Waals surface area (Å²) in [5.74, 6) is -0.0531. The van der Waals surface area contributed by atoms with Gasteiger partial charge in [0.25, 0.3) is 0 Å². The van der Waals surface area contributed by atoms with Crippen molar-refractivity contribution < 1.29 is 13.6 Å². The van der Waals surface area contributed by atoms with Crippen LogP contribution in [-0.2, 0) is 4.79 Å². The topological polar surface area (TPSA) is 61.4 Å². The van der Waals surface area contributed by atoms with E-state index in [1.807, 2.05) is 49.1 Å². The Hall–Kier alpha value is -3.81. The number of piperazine rings is 1. The highest BCUT2D eigenvalue weighted by Crippen LogP contribution is 2.20. The summed E-state index contributed by atoms with van der Waals surface area (Å²) in [6, 6.07) is 13.1. The lowest BCUT2D eigenvalue weighted by Gasteiger charge is -2.34. The molecule has 33 heavy (non-hydrogen) atoms. The van der Waals surface area contributed by atoms with Crippen LogP contribution in [-0.4, -0.2) is 47.0 Å². The van der Waals surface area contributed by atoms with Gasteiger partial charge in [0.15, 0.2) is 0 Å². The predicted molar refractivity (Wildman–Crippen MR) is 125 cm³/mol. The molecule has 1 amide bonds. The molecule has 8 heteroatoms. The number of nitrogens with one attached hydrogen (secondary N) is 1. The summed E-state index contributed by atoms with van der Waals surface area (Å²) in [4.78, 5) is 25.4. The zero-order valence-corrected chi connectivity index (χ0v) is 18.6. The third-order valence-electron chi connectivity index (χ3n) is 5.40. The molecule has 0 radical (unpaired) electrons. The van der Waals surface area contributed by atoms with Crippen LogP contribution in [0, 0.1) is 25.5 Å². The van der Waals surface area contributed by atoms with Crippen LogP contribution in [0.15, 0.2) is 54.6 Å². The van der Waals surface area contributed by atoms with E-state index in [1.165, 1.54) is 17.7 Å². The molecule has 0 spiro atoms. The molecule has 1 aliphatic rings. The van der Waals surface area contributed by atoms with Gasteiger partial charge in [0, 0.05) is 55.3 Å². The minimum atomic E-state index is -0.572. The summed E-state index contributed by atoms with van der Waals surface area (Å²) in [6.45, 7) is 6.06. The van der Waals surface area contributed by atoms with Gasteiger partial charge in [-0.25, -0.2) is 13.8 Å². The van der Waals surface area contributed by atoms with Gasteiger partial charge in [-0.2, -0.15) is 4.98 Å². The lowest BCUT2D eigenvalue weighted by molar-refractivity contribution is -0.126. The van der Waals surface area contributed by atoms with Crippen molar-refractivity contribution in [1.82, 2.24) is 14.9 Å². The van der Waals surface area contributed by atoms with E-state index in [2.05, 4.69) is 15.3 Å². The monoisotopic (exact) mass is 449 g/mol. The van der Waals surface area contributed by atoms with E-state index in [0.717, 1.165) is 29.6 Å². The molecular weight excluding hydrogens is 424 g/mol. The fourth-order valence-corrected chi connectivity index (χ4v) is 3.58. The first-order valence-electron chi connectivity index (χ1n) is 10.7. The Balaban J connectivity index is 1.38. The molecule has 0 unspecified atom stereocenters. The largest absolute Gasteiger partial charge is 0.340 e. The van der Waals surface area contributed by atoms with Crippen LogP contribution < -0.4 is 10.2 Å². The average Bonchev–Trinajstić information content (AvgIpc) is 2.81. The van der Waals surface area contributed by atoms with Gasteiger partial charge in [0.05, 0.1) is 0 Å². The molecule has 0 atom stereocenters. The number of aryl methyl sites for hydroxylation is 2. The first kappa shape index (κ1) is 22.4. The van der Waals surface area contributed by atoms with Gasteiger partial charge in [-0.3, -0.25) is 4.79 Å². The van der Waals surface area contributed by atoms with E-state index in [4.69, 9.17) is 0 Å². The highest BCUT2D eigenvalue weighted by molar-refractivity contribution is 5.92. The van der Waals surface area contributed by atoms with Crippen LogP contribution >= 0.6 is 0 Å². The average molecular weight is 450 g/mol. The Labute approximate surface area is 191 Å². The van der Waals surface area contributed by atoms with Crippen LogP contribution in [0.1, 0.15) is 16.8 Å². The maximum atomic E-state index is 13.8. The number of rotatable bonds is 5. The van der Waals surface area contributed by atoms with E-state index in [0.29, 0.717) is 37.9 Å². The van der Waals surface area contributed by atoms with Crippen LogP contribution in [0.4, 0.5) is 26.2 Å². The molecule has 0 aliphatic carbocycles. The van der Waals surface area contributed by atoms with Gasteiger partial charge >= 0.3 is 0 Å². The SMILES string of the molecule is Cc1ccc(Nc2cc(C)nc(N3CCN(C(=O)/C=C/c4cc(F)ccc4F)CC3)n2)cc1. The third-order valence-corrected chi connectivity index (χ3v) is 5.40. The van der Waals surface area contributed by atoms with Crippen molar-refractivity contribution >= 4 is 29.4 Å². The van der Waals surface area contributed by atoms with Crippen molar-refractivity contribution in [1.29, 1.82) is 0 Å². The lowest BCUT2D eigenvalue weighted by atomic mass is 10.2. The third kappa shape index (κ3) is 5.71. The number of aromatic nitrogens is 2. The van der Waals surface area contributed by atoms with Crippen LogP contribution in [0.3, 0.4) is 0 Å². The van der Waals surface area contributed by atoms with E-state index >= 15 is 0 Å². The molecule has 1 aliphatic heterocycles. The quantitative estimate of drug-likeness (QED) is 0.582. The molecule has 2 heterocycles. The predicted octanol–water partition coefficient (Wildman–Crippen LogP) is 4.48. The minimum Gasteiger partial charge on any atom is -0.340 e. The molecule has 4 rings (SSSR count). The molecule has 1 N–H and O–H groups in total. The molecule has 2 aromatic carbocycles. The first-order valence-corrected chi connectivity index (χ1v) is 10.7. The summed E-state index contributed by atoms with van der Waals surface area (Å²) < 4.78 is 27.1.